The number of nitrogens with zero attached hydrogens (tertiary/aromatic N) is 2. The van der Waals surface area contributed by atoms with Crippen molar-refractivity contribution < 1.29 is 0 Å². The van der Waals surface area contributed by atoms with E-state index in [1.54, 1.807) is 0 Å². The molecule has 1 aromatic rings. The third-order valence-corrected chi connectivity index (χ3v) is 6.23. The quantitative estimate of drug-likeness (QED) is 0.756. The maximum atomic E-state index is 2.67. The molecule has 0 spiro atoms. The van der Waals surface area contributed by atoms with Crippen molar-refractivity contribution in [3.8, 4) is 0 Å². The predicted octanol–water partition coefficient (Wildman–Crippen LogP) is 4.99. The Kier molecular flexibility index (Phi) is 4.37. The van der Waals surface area contributed by atoms with Crippen molar-refractivity contribution >= 4 is 5.69 Å². The van der Waals surface area contributed by atoms with Gasteiger partial charge in [0.1, 0.15) is 0 Å². The average molecular weight is 325 g/mol. The zero-order valence-corrected chi connectivity index (χ0v) is 16.4. The van der Waals surface area contributed by atoms with Crippen LogP contribution >= 0.6 is 0 Å². The summed E-state index contributed by atoms with van der Waals surface area (Å²) < 4.78 is 0. The predicted molar refractivity (Wildman–Crippen MR) is 105 cm³/mol. The van der Waals surface area contributed by atoms with Crippen LogP contribution in [-0.4, -0.2) is 30.2 Å². The molecule has 0 saturated carbocycles. The highest BCUT2D eigenvalue weighted by molar-refractivity contribution is 5.60. The molecule has 24 heavy (non-hydrogen) atoms. The van der Waals surface area contributed by atoms with Crippen LogP contribution in [0.3, 0.4) is 0 Å². The van der Waals surface area contributed by atoms with Gasteiger partial charge < -0.3 is 4.90 Å². The zero-order chi connectivity index (χ0) is 17.6. The van der Waals surface area contributed by atoms with Crippen molar-refractivity contribution in [2.75, 3.05) is 24.7 Å². The van der Waals surface area contributed by atoms with Crippen LogP contribution in [-0.2, 0) is 0 Å². The van der Waals surface area contributed by atoms with Crippen LogP contribution in [0.2, 0.25) is 0 Å². The first-order valence-corrected chi connectivity index (χ1v) is 9.18. The van der Waals surface area contributed by atoms with Gasteiger partial charge in [-0.15, -0.1) is 0 Å². The summed E-state index contributed by atoms with van der Waals surface area (Å²) in [6.07, 6.45) is 4.79. The third-order valence-electron chi connectivity index (χ3n) is 6.23. The highest BCUT2D eigenvalue weighted by Gasteiger charge is 2.42. The number of anilines is 1. The Hall–Kier alpha value is -1.54. The van der Waals surface area contributed by atoms with Gasteiger partial charge in [-0.3, -0.25) is 4.90 Å². The second-order valence-electron chi connectivity index (χ2n) is 8.09. The van der Waals surface area contributed by atoms with Crippen molar-refractivity contribution in [1.82, 2.24) is 4.90 Å². The van der Waals surface area contributed by atoms with Crippen LogP contribution in [0.5, 0.6) is 0 Å². The molecule has 1 saturated heterocycles. The molecule has 1 aliphatic heterocycles. The Morgan fingerprint density at radius 1 is 1.00 bits per heavy atom. The molecule has 1 fully saturated rings. The number of hydrogen-bond acceptors (Lipinski definition) is 2. The van der Waals surface area contributed by atoms with E-state index in [9.17, 15) is 0 Å². The molecule has 1 heterocycles. The first-order chi connectivity index (χ1) is 11.2. The molecule has 1 aromatic carbocycles. The van der Waals surface area contributed by atoms with Crippen molar-refractivity contribution in [3.63, 3.8) is 0 Å². The monoisotopic (exact) mass is 324 g/mol. The Labute approximate surface area is 147 Å². The van der Waals surface area contributed by atoms with Crippen LogP contribution in [0.4, 0.5) is 5.69 Å². The number of rotatable bonds is 2. The summed E-state index contributed by atoms with van der Waals surface area (Å²) in [5.41, 5.74) is 8.62. The SMILES string of the molecule is CC1=CC(C)C(C)(N2CCN(c3c(C)cc(C)cc3C)C2)C(C)=C1. The van der Waals surface area contributed by atoms with E-state index in [0.717, 1.165) is 19.8 Å². The van der Waals surface area contributed by atoms with Gasteiger partial charge in [-0.1, -0.05) is 47.9 Å². The van der Waals surface area contributed by atoms with Gasteiger partial charge in [0.05, 0.1) is 6.67 Å². The smallest absolute Gasteiger partial charge is 0.0715 e. The summed E-state index contributed by atoms with van der Waals surface area (Å²) in [7, 11) is 0. The van der Waals surface area contributed by atoms with Crippen molar-refractivity contribution in [3.05, 3.63) is 52.1 Å². The lowest BCUT2D eigenvalue weighted by Crippen LogP contribution is -2.52. The van der Waals surface area contributed by atoms with E-state index in [-0.39, 0.29) is 5.54 Å². The summed E-state index contributed by atoms with van der Waals surface area (Å²) >= 11 is 0. The third kappa shape index (κ3) is 2.71. The van der Waals surface area contributed by atoms with Crippen LogP contribution < -0.4 is 4.90 Å². The lowest BCUT2D eigenvalue weighted by molar-refractivity contribution is 0.132. The van der Waals surface area contributed by atoms with E-state index in [1.165, 1.54) is 33.5 Å². The molecule has 0 bridgehead atoms. The molecule has 0 aromatic heterocycles. The average Bonchev–Trinajstić information content (AvgIpc) is 2.93. The number of hydrogen-bond donors (Lipinski definition) is 0. The van der Waals surface area contributed by atoms with Crippen molar-refractivity contribution in [1.29, 1.82) is 0 Å². The summed E-state index contributed by atoms with van der Waals surface area (Å²) in [5.74, 6) is 0.544. The van der Waals surface area contributed by atoms with Gasteiger partial charge in [0.25, 0.3) is 0 Å². The molecular formula is C22H32N2. The molecule has 0 N–H and O–H groups in total. The maximum absolute atomic E-state index is 2.67. The van der Waals surface area contributed by atoms with Gasteiger partial charge in [0.2, 0.25) is 0 Å². The molecule has 0 radical (unpaired) electrons. The van der Waals surface area contributed by atoms with Gasteiger partial charge in [-0.25, -0.2) is 0 Å². The Morgan fingerprint density at radius 2 is 1.62 bits per heavy atom. The number of benzene rings is 1. The summed E-state index contributed by atoms with van der Waals surface area (Å²) in [4.78, 5) is 5.24. The molecule has 2 nitrogen and oxygen atoms in total. The van der Waals surface area contributed by atoms with Gasteiger partial charge >= 0.3 is 0 Å². The Morgan fingerprint density at radius 3 is 2.21 bits per heavy atom. The van der Waals surface area contributed by atoms with Gasteiger partial charge in [-0.05, 0) is 58.6 Å². The van der Waals surface area contributed by atoms with E-state index in [1.807, 2.05) is 0 Å². The molecule has 2 aliphatic rings. The van der Waals surface area contributed by atoms with Crippen LogP contribution in [0.25, 0.3) is 0 Å². The van der Waals surface area contributed by atoms with E-state index in [0.29, 0.717) is 5.92 Å². The summed E-state index contributed by atoms with van der Waals surface area (Å²) in [6.45, 7) is 19.3. The first-order valence-electron chi connectivity index (χ1n) is 9.18. The van der Waals surface area contributed by atoms with E-state index in [2.05, 4.69) is 82.6 Å². The lowest BCUT2D eigenvalue weighted by atomic mass is 9.75. The van der Waals surface area contributed by atoms with Gasteiger partial charge in [0.15, 0.2) is 0 Å². The normalized spacial score (nSPS) is 28.1. The second-order valence-corrected chi connectivity index (χ2v) is 8.09. The molecular weight excluding hydrogens is 292 g/mol. The summed E-state index contributed by atoms with van der Waals surface area (Å²) in [6, 6.07) is 4.63. The molecule has 130 valence electrons. The molecule has 1 aliphatic carbocycles. The number of aryl methyl sites for hydroxylation is 3. The fourth-order valence-corrected chi connectivity index (χ4v) is 4.81. The molecule has 0 amide bonds. The topological polar surface area (TPSA) is 6.48 Å². The second kappa shape index (κ2) is 6.07. The molecule has 2 atom stereocenters. The maximum Gasteiger partial charge on any atom is 0.0715 e. The van der Waals surface area contributed by atoms with Crippen LogP contribution in [0, 0.1) is 26.7 Å². The minimum atomic E-state index is 0.126. The largest absolute Gasteiger partial charge is 0.357 e. The highest BCUT2D eigenvalue weighted by atomic mass is 15.4. The standard InChI is InChI=1S/C22H32N2/c1-15-10-17(3)21(18(4)11-15)23-8-9-24(14-23)22(7)19(5)12-16(2)13-20(22)6/h10-13,19H,8-9,14H2,1-7H3. The molecule has 2 unspecified atom stereocenters. The Bertz CT molecular complexity index is 690. The van der Waals surface area contributed by atoms with Crippen LogP contribution in [0.15, 0.2) is 35.4 Å². The molecule has 3 rings (SSSR count). The first kappa shape index (κ1) is 17.3. The van der Waals surface area contributed by atoms with Crippen molar-refractivity contribution in [2.45, 2.75) is 54.0 Å². The van der Waals surface area contributed by atoms with Crippen molar-refractivity contribution in [2.24, 2.45) is 5.92 Å². The van der Waals surface area contributed by atoms with Gasteiger partial charge in [-0.2, -0.15) is 0 Å². The fraction of sp³-hybridized carbons (Fsp3) is 0.545. The van der Waals surface area contributed by atoms with E-state index >= 15 is 0 Å². The number of allylic oxidation sites excluding steroid dienone is 2. The lowest BCUT2D eigenvalue weighted by Gasteiger charge is -2.45. The molecule has 2 heteroatoms. The minimum absolute atomic E-state index is 0.126. The van der Waals surface area contributed by atoms with Gasteiger partial charge in [0, 0.05) is 24.3 Å². The summed E-state index contributed by atoms with van der Waals surface area (Å²) in [5, 5.41) is 0. The Balaban J connectivity index is 1.88. The fourth-order valence-electron chi connectivity index (χ4n) is 4.81. The van der Waals surface area contributed by atoms with Crippen LogP contribution in [0.1, 0.15) is 44.4 Å². The zero-order valence-electron chi connectivity index (χ0n) is 16.4. The highest BCUT2D eigenvalue weighted by Crippen LogP contribution is 2.40. The van der Waals surface area contributed by atoms with E-state index < -0.39 is 0 Å². The van der Waals surface area contributed by atoms with E-state index in [4.69, 9.17) is 0 Å². The minimum Gasteiger partial charge on any atom is -0.357 e.